The van der Waals surface area contributed by atoms with Crippen LogP contribution in [0.25, 0.3) is 0 Å². The van der Waals surface area contributed by atoms with Gasteiger partial charge in [-0.25, -0.2) is 14.8 Å². The van der Waals surface area contributed by atoms with E-state index in [1.54, 1.807) is 4.90 Å². The summed E-state index contributed by atoms with van der Waals surface area (Å²) in [6.07, 6.45) is 5.69. The summed E-state index contributed by atoms with van der Waals surface area (Å²) in [5.74, 6) is 1.05. The van der Waals surface area contributed by atoms with Crippen LogP contribution >= 0.6 is 23.2 Å². The summed E-state index contributed by atoms with van der Waals surface area (Å²) in [4.78, 5) is 22.5. The van der Waals surface area contributed by atoms with Crippen LogP contribution in [0.15, 0.2) is 18.6 Å². The van der Waals surface area contributed by atoms with Gasteiger partial charge in [0.1, 0.15) is 18.0 Å². The number of hydrogen-bond donors (Lipinski definition) is 2. The number of pyridine rings is 1. The zero-order chi connectivity index (χ0) is 15.5. The Morgan fingerprint density at radius 2 is 2.18 bits per heavy atom. The van der Waals surface area contributed by atoms with Crippen molar-refractivity contribution in [2.75, 3.05) is 11.9 Å². The number of halogens is 2. The zero-order valence-electron chi connectivity index (χ0n) is 11.6. The Bertz CT molecular complexity index is 663. The Balaban J connectivity index is 1.75. The molecule has 0 aliphatic carbocycles. The monoisotopic (exact) mass is 340 g/mol. The van der Waals surface area contributed by atoms with Gasteiger partial charge in [0.15, 0.2) is 0 Å². The minimum absolute atomic E-state index is 0.112. The number of nitrogens with one attached hydrogen (secondary N) is 2. The molecule has 1 aliphatic heterocycles. The van der Waals surface area contributed by atoms with E-state index >= 15 is 0 Å². The molecule has 9 heteroatoms. The van der Waals surface area contributed by atoms with Gasteiger partial charge in [-0.2, -0.15) is 5.10 Å². The Morgan fingerprint density at radius 1 is 1.32 bits per heavy atom. The Kier molecular flexibility index (Phi) is 4.44. The fourth-order valence-electron chi connectivity index (χ4n) is 2.50. The van der Waals surface area contributed by atoms with Crippen molar-refractivity contribution in [1.82, 2.24) is 25.1 Å². The molecule has 22 heavy (non-hydrogen) atoms. The lowest BCUT2D eigenvalue weighted by molar-refractivity contribution is 0.159. The van der Waals surface area contributed by atoms with Crippen LogP contribution in [0.1, 0.15) is 31.1 Å². The second-order valence-electron chi connectivity index (χ2n) is 4.99. The molecule has 0 aromatic carbocycles. The highest BCUT2D eigenvalue weighted by molar-refractivity contribution is 6.42. The number of aromatic nitrogens is 4. The third-order valence-corrected chi connectivity index (χ3v) is 4.27. The standard InChI is InChI=1S/C13H14Cl2N6O/c14-8-5-11(16-6-9(8)15)19-13(22)21-4-2-1-3-10(21)12-17-7-18-20-12/h5-7,10H,1-4H2,(H,16,19,22)(H,17,18,20)/t10-/m1/s1. The first kappa shape index (κ1) is 15.1. The highest BCUT2D eigenvalue weighted by atomic mass is 35.5. The van der Waals surface area contributed by atoms with E-state index < -0.39 is 0 Å². The average molecular weight is 341 g/mol. The highest BCUT2D eigenvalue weighted by Gasteiger charge is 2.30. The summed E-state index contributed by atoms with van der Waals surface area (Å²) in [5.41, 5.74) is 0. The smallest absolute Gasteiger partial charge is 0.314 e. The van der Waals surface area contributed by atoms with E-state index in [-0.39, 0.29) is 12.1 Å². The quantitative estimate of drug-likeness (QED) is 0.878. The molecular formula is C13H14Cl2N6O. The van der Waals surface area contributed by atoms with E-state index in [0.29, 0.717) is 28.2 Å². The number of piperidine rings is 1. The number of hydrogen-bond acceptors (Lipinski definition) is 4. The Morgan fingerprint density at radius 3 is 2.91 bits per heavy atom. The molecule has 1 atom stereocenters. The van der Waals surface area contributed by atoms with E-state index in [1.165, 1.54) is 18.6 Å². The molecule has 0 radical (unpaired) electrons. The van der Waals surface area contributed by atoms with Gasteiger partial charge in [0.05, 0.1) is 16.1 Å². The molecule has 1 aliphatic rings. The van der Waals surface area contributed by atoms with Crippen molar-refractivity contribution in [3.8, 4) is 0 Å². The molecule has 2 amide bonds. The Labute approximate surface area is 137 Å². The Hall–Kier alpha value is -1.86. The van der Waals surface area contributed by atoms with Crippen molar-refractivity contribution in [3.05, 3.63) is 34.5 Å². The van der Waals surface area contributed by atoms with Gasteiger partial charge in [-0.3, -0.25) is 10.4 Å². The number of anilines is 1. The van der Waals surface area contributed by atoms with Gasteiger partial charge in [-0.1, -0.05) is 23.2 Å². The van der Waals surface area contributed by atoms with Crippen molar-refractivity contribution < 1.29 is 4.79 Å². The van der Waals surface area contributed by atoms with Crippen molar-refractivity contribution in [3.63, 3.8) is 0 Å². The number of aromatic amines is 1. The number of urea groups is 1. The number of amides is 2. The molecule has 2 aromatic rings. The first-order valence-electron chi connectivity index (χ1n) is 6.89. The van der Waals surface area contributed by atoms with Crippen LogP contribution in [0.5, 0.6) is 0 Å². The van der Waals surface area contributed by atoms with Gasteiger partial charge >= 0.3 is 6.03 Å². The van der Waals surface area contributed by atoms with Gasteiger partial charge in [0.25, 0.3) is 0 Å². The largest absolute Gasteiger partial charge is 0.323 e. The minimum atomic E-state index is -0.244. The molecule has 0 spiro atoms. The van der Waals surface area contributed by atoms with E-state index in [2.05, 4.69) is 25.5 Å². The van der Waals surface area contributed by atoms with E-state index in [1.807, 2.05) is 0 Å². The summed E-state index contributed by atoms with van der Waals surface area (Å²) < 4.78 is 0. The van der Waals surface area contributed by atoms with Gasteiger partial charge < -0.3 is 4.90 Å². The molecule has 1 fully saturated rings. The number of H-pyrrole nitrogens is 1. The minimum Gasteiger partial charge on any atom is -0.314 e. The summed E-state index contributed by atoms with van der Waals surface area (Å²) in [5, 5.41) is 10.1. The number of carbonyl (C=O) groups excluding carboxylic acids is 1. The molecule has 3 rings (SSSR count). The van der Waals surface area contributed by atoms with Crippen molar-refractivity contribution >= 4 is 35.1 Å². The lowest BCUT2D eigenvalue weighted by Crippen LogP contribution is -2.41. The normalized spacial score (nSPS) is 18.3. The maximum Gasteiger partial charge on any atom is 0.323 e. The van der Waals surface area contributed by atoms with Crippen molar-refractivity contribution in [2.45, 2.75) is 25.3 Å². The average Bonchev–Trinajstić information content (AvgIpc) is 3.05. The molecule has 1 saturated heterocycles. The van der Waals surface area contributed by atoms with Crippen molar-refractivity contribution in [1.29, 1.82) is 0 Å². The fourth-order valence-corrected chi connectivity index (χ4v) is 2.75. The van der Waals surface area contributed by atoms with Gasteiger partial charge in [0.2, 0.25) is 0 Å². The van der Waals surface area contributed by atoms with Crippen LogP contribution in [0, 0.1) is 0 Å². The maximum absolute atomic E-state index is 12.5. The predicted molar refractivity (Wildman–Crippen MR) is 83.0 cm³/mol. The van der Waals surface area contributed by atoms with Crippen LogP contribution in [0.3, 0.4) is 0 Å². The lowest BCUT2D eigenvalue weighted by atomic mass is 10.0. The van der Waals surface area contributed by atoms with Crippen LogP contribution < -0.4 is 5.32 Å². The number of nitrogens with zero attached hydrogens (tertiary/aromatic N) is 4. The molecule has 2 N–H and O–H groups in total. The first-order valence-corrected chi connectivity index (χ1v) is 7.64. The SMILES string of the molecule is O=C(Nc1cc(Cl)c(Cl)cn1)N1CCCC[C@@H]1c1ncn[nH]1. The van der Waals surface area contributed by atoms with Crippen LogP contribution in [-0.4, -0.2) is 37.6 Å². The topological polar surface area (TPSA) is 86.8 Å². The molecule has 3 heterocycles. The highest BCUT2D eigenvalue weighted by Crippen LogP contribution is 2.29. The molecule has 0 unspecified atom stereocenters. The third kappa shape index (κ3) is 3.15. The molecule has 2 aromatic heterocycles. The van der Waals surface area contributed by atoms with Crippen molar-refractivity contribution in [2.24, 2.45) is 0 Å². The lowest BCUT2D eigenvalue weighted by Gasteiger charge is -2.34. The summed E-state index contributed by atoms with van der Waals surface area (Å²) in [7, 11) is 0. The van der Waals surface area contributed by atoms with E-state index in [9.17, 15) is 4.79 Å². The predicted octanol–water partition coefficient (Wildman–Crippen LogP) is 3.27. The van der Waals surface area contributed by atoms with Crippen LogP contribution in [0.2, 0.25) is 10.0 Å². The van der Waals surface area contributed by atoms with E-state index in [0.717, 1.165) is 19.3 Å². The van der Waals surface area contributed by atoms with E-state index in [4.69, 9.17) is 23.2 Å². The third-order valence-electron chi connectivity index (χ3n) is 3.56. The second-order valence-corrected chi connectivity index (χ2v) is 5.80. The van der Waals surface area contributed by atoms with Crippen LogP contribution in [0.4, 0.5) is 10.6 Å². The second kappa shape index (κ2) is 6.50. The number of rotatable bonds is 2. The molecular weight excluding hydrogens is 327 g/mol. The first-order chi connectivity index (χ1) is 10.6. The molecule has 0 bridgehead atoms. The maximum atomic E-state index is 12.5. The van der Waals surface area contributed by atoms with Gasteiger partial charge in [-0.05, 0) is 19.3 Å². The van der Waals surface area contributed by atoms with Gasteiger partial charge in [0, 0.05) is 18.8 Å². The molecule has 7 nitrogen and oxygen atoms in total. The number of carbonyl (C=O) groups is 1. The summed E-state index contributed by atoms with van der Waals surface area (Å²) >= 11 is 11.8. The number of likely N-dealkylation sites (tertiary alicyclic amines) is 1. The molecule has 0 saturated carbocycles. The zero-order valence-corrected chi connectivity index (χ0v) is 13.1. The summed E-state index contributed by atoms with van der Waals surface area (Å²) in [6, 6.07) is 1.17. The summed E-state index contributed by atoms with van der Waals surface area (Å²) in [6.45, 7) is 0.651. The van der Waals surface area contributed by atoms with Crippen LogP contribution in [-0.2, 0) is 0 Å². The molecule has 116 valence electrons. The fraction of sp³-hybridized carbons (Fsp3) is 0.385. The van der Waals surface area contributed by atoms with Gasteiger partial charge in [-0.15, -0.1) is 0 Å².